The Morgan fingerprint density at radius 3 is 2.53 bits per heavy atom. The highest BCUT2D eigenvalue weighted by molar-refractivity contribution is 5.28. The zero-order valence-electron chi connectivity index (χ0n) is 9.84. The van der Waals surface area contributed by atoms with Crippen LogP contribution >= 0.6 is 0 Å². The monoisotopic (exact) mass is 211 g/mol. The first-order valence-corrected chi connectivity index (χ1v) is 5.18. The van der Waals surface area contributed by atoms with Crippen molar-refractivity contribution >= 4 is 0 Å². The second-order valence-corrected chi connectivity index (χ2v) is 3.23. The van der Waals surface area contributed by atoms with Crippen molar-refractivity contribution in [1.82, 2.24) is 5.32 Å². The van der Waals surface area contributed by atoms with Crippen molar-refractivity contribution in [2.45, 2.75) is 33.2 Å². The number of allylic oxidation sites excluding steroid dienone is 1. The largest absolute Gasteiger partial charge is 0.504 e. The standard InChI is InChI=1S/C12H21NO2/c1-6-11(13-7-2)9(4)12(14)10(5)15-8-3/h8,11,13-14H,3-4,6-7H2,1-2,5H3/b12-10-. The average Bonchev–Trinajstić information content (AvgIpc) is 2.24. The highest BCUT2D eigenvalue weighted by Gasteiger charge is 2.15. The lowest BCUT2D eigenvalue weighted by Gasteiger charge is -2.19. The third-order valence-electron chi connectivity index (χ3n) is 2.18. The van der Waals surface area contributed by atoms with Gasteiger partial charge in [-0.2, -0.15) is 0 Å². The lowest BCUT2D eigenvalue weighted by molar-refractivity contribution is 0.299. The van der Waals surface area contributed by atoms with Gasteiger partial charge < -0.3 is 15.2 Å². The zero-order valence-corrected chi connectivity index (χ0v) is 9.84. The van der Waals surface area contributed by atoms with Gasteiger partial charge in [0, 0.05) is 11.6 Å². The molecule has 0 aromatic carbocycles. The molecule has 3 nitrogen and oxygen atoms in total. The van der Waals surface area contributed by atoms with Crippen LogP contribution in [0.15, 0.2) is 36.5 Å². The molecule has 1 unspecified atom stereocenters. The number of hydrogen-bond donors (Lipinski definition) is 2. The lowest BCUT2D eigenvalue weighted by Crippen LogP contribution is -2.30. The number of ether oxygens (including phenoxy) is 1. The molecular formula is C12H21NO2. The number of nitrogens with one attached hydrogen (secondary N) is 1. The topological polar surface area (TPSA) is 41.5 Å². The van der Waals surface area contributed by atoms with E-state index in [-0.39, 0.29) is 11.8 Å². The molecule has 0 bridgehead atoms. The molecule has 0 aliphatic rings. The third-order valence-corrected chi connectivity index (χ3v) is 2.18. The van der Waals surface area contributed by atoms with Crippen LogP contribution in [0, 0.1) is 0 Å². The molecule has 1 atom stereocenters. The summed E-state index contributed by atoms with van der Waals surface area (Å²) in [5, 5.41) is 13.0. The van der Waals surface area contributed by atoms with Crippen LogP contribution in [0.4, 0.5) is 0 Å². The first kappa shape index (κ1) is 13.8. The van der Waals surface area contributed by atoms with Gasteiger partial charge in [-0.15, -0.1) is 0 Å². The second-order valence-electron chi connectivity index (χ2n) is 3.23. The van der Waals surface area contributed by atoms with Crippen LogP contribution in [0.25, 0.3) is 0 Å². The first-order chi connectivity index (χ1) is 7.08. The van der Waals surface area contributed by atoms with Gasteiger partial charge in [-0.25, -0.2) is 0 Å². The fourth-order valence-corrected chi connectivity index (χ4v) is 1.33. The quantitative estimate of drug-likeness (QED) is 0.502. The van der Waals surface area contributed by atoms with E-state index >= 15 is 0 Å². The maximum atomic E-state index is 9.81. The molecule has 0 spiro atoms. The Labute approximate surface area is 92.1 Å². The Balaban J connectivity index is 4.66. The number of hydrogen-bond acceptors (Lipinski definition) is 3. The minimum atomic E-state index is 0.0818. The van der Waals surface area contributed by atoms with Crippen LogP contribution < -0.4 is 5.32 Å². The second kappa shape index (κ2) is 7.12. The average molecular weight is 211 g/mol. The smallest absolute Gasteiger partial charge is 0.157 e. The molecule has 2 N–H and O–H groups in total. The van der Waals surface area contributed by atoms with Crippen LogP contribution in [0.2, 0.25) is 0 Å². The van der Waals surface area contributed by atoms with Crippen LogP contribution in [0.1, 0.15) is 27.2 Å². The number of aliphatic hydroxyl groups excluding tert-OH is 1. The summed E-state index contributed by atoms with van der Waals surface area (Å²) in [4.78, 5) is 0. The highest BCUT2D eigenvalue weighted by Crippen LogP contribution is 2.16. The van der Waals surface area contributed by atoms with Gasteiger partial charge in [0.15, 0.2) is 5.76 Å². The molecule has 0 aromatic heterocycles. The third kappa shape index (κ3) is 4.21. The number of aliphatic hydroxyl groups is 1. The predicted octanol–water partition coefficient (Wildman–Crippen LogP) is 2.88. The molecule has 0 saturated carbocycles. The van der Waals surface area contributed by atoms with Gasteiger partial charge in [0.05, 0.1) is 6.26 Å². The van der Waals surface area contributed by atoms with Crippen LogP contribution in [-0.2, 0) is 4.74 Å². The van der Waals surface area contributed by atoms with Crippen molar-refractivity contribution in [3.8, 4) is 0 Å². The normalized spacial score (nSPS) is 14.1. The fourth-order valence-electron chi connectivity index (χ4n) is 1.33. The lowest BCUT2D eigenvalue weighted by atomic mass is 10.0. The molecule has 0 radical (unpaired) electrons. The Bertz CT molecular complexity index is 256. The van der Waals surface area contributed by atoms with Gasteiger partial charge >= 0.3 is 0 Å². The van der Waals surface area contributed by atoms with Gasteiger partial charge in [0.1, 0.15) is 5.76 Å². The van der Waals surface area contributed by atoms with E-state index in [4.69, 9.17) is 4.74 Å². The summed E-state index contributed by atoms with van der Waals surface area (Å²) >= 11 is 0. The van der Waals surface area contributed by atoms with Crippen molar-refractivity contribution < 1.29 is 9.84 Å². The maximum Gasteiger partial charge on any atom is 0.157 e. The molecule has 0 rings (SSSR count). The molecule has 15 heavy (non-hydrogen) atoms. The molecule has 0 aliphatic carbocycles. The Morgan fingerprint density at radius 1 is 1.53 bits per heavy atom. The summed E-state index contributed by atoms with van der Waals surface area (Å²) in [5.74, 6) is 0.522. The Kier molecular flexibility index (Phi) is 6.54. The summed E-state index contributed by atoms with van der Waals surface area (Å²) in [6.45, 7) is 13.9. The zero-order chi connectivity index (χ0) is 11.8. The summed E-state index contributed by atoms with van der Waals surface area (Å²) in [7, 11) is 0. The summed E-state index contributed by atoms with van der Waals surface area (Å²) in [5.41, 5.74) is 0.652. The van der Waals surface area contributed by atoms with Gasteiger partial charge in [0.25, 0.3) is 0 Å². The van der Waals surface area contributed by atoms with Gasteiger partial charge in [-0.3, -0.25) is 0 Å². The Morgan fingerprint density at radius 2 is 2.13 bits per heavy atom. The van der Waals surface area contributed by atoms with Crippen molar-refractivity contribution in [3.63, 3.8) is 0 Å². The van der Waals surface area contributed by atoms with Crippen molar-refractivity contribution in [2.75, 3.05) is 6.54 Å². The van der Waals surface area contributed by atoms with E-state index in [1.54, 1.807) is 6.92 Å². The van der Waals surface area contributed by atoms with Gasteiger partial charge in [0.2, 0.25) is 0 Å². The summed E-state index contributed by atoms with van der Waals surface area (Å²) < 4.78 is 5.00. The van der Waals surface area contributed by atoms with E-state index in [1.807, 2.05) is 13.8 Å². The van der Waals surface area contributed by atoms with Crippen molar-refractivity contribution in [2.24, 2.45) is 0 Å². The minimum absolute atomic E-state index is 0.0818. The predicted molar refractivity (Wildman–Crippen MR) is 63.5 cm³/mol. The Hall–Kier alpha value is -1.22. The molecule has 0 amide bonds. The van der Waals surface area contributed by atoms with Crippen LogP contribution in [-0.4, -0.2) is 17.7 Å². The van der Waals surface area contributed by atoms with Crippen LogP contribution in [0.5, 0.6) is 0 Å². The number of rotatable bonds is 7. The van der Waals surface area contributed by atoms with E-state index in [9.17, 15) is 5.11 Å². The molecule has 0 aromatic rings. The molecule has 0 heterocycles. The van der Waals surface area contributed by atoms with Gasteiger partial charge in [-0.1, -0.05) is 27.0 Å². The molecule has 0 aliphatic heterocycles. The van der Waals surface area contributed by atoms with E-state index in [2.05, 4.69) is 18.5 Å². The summed E-state index contributed by atoms with van der Waals surface area (Å²) in [6, 6.07) is 0.0818. The van der Waals surface area contributed by atoms with Gasteiger partial charge in [-0.05, 0) is 19.9 Å². The van der Waals surface area contributed by atoms with Crippen molar-refractivity contribution in [1.29, 1.82) is 0 Å². The molecular weight excluding hydrogens is 190 g/mol. The first-order valence-electron chi connectivity index (χ1n) is 5.18. The molecule has 86 valence electrons. The molecule has 0 fully saturated rings. The maximum absolute atomic E-state index is 9.81. The van der Waals surface area contributed by atoms with E-state index < -0.39 is 0 Å². The van der Waals surface area contributed by atoms with Crippen LogP contribution in [0.3, 0.4) is 0 Å². The molecule has 0 saturated heterocycles. The van der Waals surface area contributed by atoms with E-state index in [0.717, 1.165) is 13.0 Å². The SMILES string of the molecule is C=CO/C(C)=C(\O)C(=C)C(CC)NCC. The summed E-state index contributed by atoms with van der Waals surface area (Å²) in [6.07, 6.45) is 2.16. The highest BCUT2D eigenvalue weighted by atomic mass is 16.5. The van der Waals surface area contributed by atoms with E-state index in [1.165, 1.54) is 6.26 Å². The van der Waals surface area contributed by atoms with E-state index in [0.29, 0.717) is 11.3 Å². The fraction of sp³-hybridized carbons (Fsp3) is 0.500. The minimum Gasteiger partial charge on any atom is -0.504 e. The molecule has 3 heteroatoms. The van der Waals surface area contributed by atoms with Crippen molar-refractivity contribution in [3.05, 3.63) is 36.5 Å². The number of likely N-dealkylation sites (N-methyl/N-ethyl adjacent to an activating group) is 1.